The Labute approximate surface area is 86.9 Å². The van der Waals surface area contributed by atoms with Crippen LogP contribution < -0.4 is 0 Å². The third-order valence-electron chi connectivity index (χ3n) is 2.95. The fourth-order valence-electron chi connectivity index (χ4n) is 1.81. The number of rotatable bonds is 2. The van der Waals surface area contributed by atoms with Gasteiger partial charge in [-0.3, -0.25) is 4.79 Å². The first-order valence-corrected chi connectivity index (χ1v) is 5.55. The first kappa shape index (κ1) is 11.2. The van der Waals surface area contributed by atoms with Crippen molar-refractivity contribution in [2.45, 2.75) is 46.5 Å². The predicted molar refractivity (Wildman–Crippen MR) is 60.2 cm³/mol. The molecule has 1 rings (SSSR count). The van der Waals surface area contributed by atoms with Crippen LogP contribution in [0.3, 0.4) is 0 Å². The Morgan fingerprint density at radius 3 is 2.64 bits per heavy atom. The standard InChI is InChI=1S/C13H20O/c1-4-10(3)8-12-9-13(14)7-6-11(12)5-2/h5,8,10H,4,6-7,9H2,1-3H3/b11-5-,12-8-. The minimum atomic E-state index is 0.394. The number of allylic oxidation sites excluding steroid dienone is 4. The highest BCUT2D eigenvalue weighted by Gasteiger charge is 2.17. The maximum atomic E-state index is 11.3. The van der Waals surface area contributed by atoms with Crippen molar-refractivity contribution >= 4 is 5.78 Å². The molecule has 0 amide bonds. The van der Waals surface area contributed by atoms with Crippen LogP contribution in [0.5, 0.6) is 0 Å². The van der Waals surface area contributed by atoms with Gasteiger partial charge in [-0.2, -0.15) is 0 Å². The van der Waals surface area contributed by atoms with E-state index in [-0.39, 0.29) is 0 Å². The topological polar surface area (TPSA) is 17.1 Å². The Morgan fingerprint density at radius 2 is 2.07 bits per heavy atom. The lowest BCUT2D eigenvalue weighted by molar-refractivity contribution is -0.118. The monoisotopic (exact) mass is 192 g/mol. The zero-order chi connectivity index (χ0) is 10.6. The van der Waals surface area contributed by atoms with Crippen molar-refractivity contribution in [2.75, 3.05) is 0 Å². The van der Waals surface area contributed by atoms with Gasteiger partial charge in [-0.1, -0.05) is 32.4 Å². The second kappa shape index (κ2) is 5.14. The normalized spacial score (nSPS) is 25.8. The van der Waals surface area contributed by atoms with E-state index in [2.05, 4.69) is 32.9 Å². The highest BCUT2D eigenvalue weighted by Crippen LogP contribution is 2.28. The second-order valence-electron chi connectivity index (χ2n) is 4.11. The van der Waals surface area contributed by atoms with Gasteiger partial charge in [0.25, 0.3) is 0 Å². The van der Waals surface area contributed by atoms with Crippen LogP contribution in [-0.4, -0.2) is 5.78 Å². The van der Waals surface area contributed by atoms with Gasteiger partial charge in [0.15, 0.2) is 0 Å². The summed E-state index contributed by atoms with van der Waals surface area (Å²) in [7, 11) is 0. The average Bonchev–Trinajstić information content (AvgIpc) is 2.18. The van der Waals surface area contributed by atoms with Crippen LogP contribution in [0.25, 0.3) is 0 Å². The molecule has 0 saturated heterocycles. The number of carbonyl (C=O) groups excluding carboxylic acids is 1. The minimum absolute atomic E-state index is 0.394. The van der Waals surface area contributed by atoms with E-state index in [0.717, 1.165) is 19.3 Å². The van der Waals surface area contributed by atoms with E-state index in [1.807, 2.05) is 0 Å². The zero-order valence-corrected chi connectivity index (χ0v) is 9.47. The van der Waals surface area contributed by atoms with Gasteiger partial charge >= 0.3 is 0 Å². The molecule has 1 atom stereocenters. The fourth-order valence-corrected chi connectivity index (χ4v) is 1.81. The Balaban J connectivity index is 2.81. The van der Waals surface area contributed by atoms with Gasteiger partial charge < -0.3 is 0 Å². The van der Waals surface area contributed by atoms with Gasteiger partial charge in [-0.05, 0) is 30.4 Å². The molecule has 1 unspecified atom stereocenters. The van der Waals surface area contributed by atoms with Crippen molar-refractivity contribution in [3.05, 3.63) is 23.3 Å². The van der Waals surface area contributed by atoms with Crippen molar-refractivity contribution in [1.82, 2.24) is 0 Å². The number of Topliss-reactive ketones (excluding diaryl/α,β-unsaturated/α-hetero) is 1. The molecule has 0 aromatic heterocycles. The van der Waals surface area contributed by atoms with Crippen LogP contribution >= 0.6 is 0 Å². The minimum Gasteiger partial charge on any atom is -0.299 e. The molecule has 1 aliphatic rings. The van der Waals surface area contributed by atoms with E-state index in [1.54, 1.807) is 0 Å². The van der Waals surface area contributed by atoms with E-state index in [9.17, 15) is 4.79 Å². The smallest absolute Gasteiger partial charge is 0.137 e. The third kappa shape index (κ3) is 2.83. The van der Waals surface area contributed by atoms with Crippen molar-refractivity contribution in [2.24, 2.45) is 5.92 Å². The molecule has 1 heteroatoms. The lowest BCUT2D eigenvalue weighted by Crippen LogP contribution is -2.10. The Morgan fingerprint density at radius 1 is 1.36 bits per heavy atom. The maximum absolute atomic E-state index is 11.3. The molecule has 0 spiro atoms. The zero-order valence-electron chi connectivity index (χ0n) is 9.47. The first-order valence-electron chi connectivity index (χ1n) is 5.55. The first-order chi connectivity index (χ1) is 6.67. The SMILES string of the molecule is C/C=C1/CCC(=O)C/C1=C/C(C)CC. The molecule has 1 saturated carbocycles. The highest BCUT2D eigenvalue weighted by atomic mass is 16.1. The summed E-state index contributed by atoms with van der Waals surface area (Å²) >= 11 is 0. The largest absolute Gasteiger partial charge is 0.299 e. The Hall–Kier alpha value is -0.850. The molecule has 0 aromatic rings. The van der Waals surface area contributed by atoms with Crippen LogP contribution in [0.4, 0.5) is 0 Å². The quantitative estimate of drug-likeness (QED) is 0.652. The summed E-state index contributed by atoms with van der Waals surface area (Å²) in [5.74, 6) is 0.982. The van der Waals surface area contributed by atoms with Gasteiger partial charge in [0.2, 0.25) is 0 Å². The van der Waals surface area contributed by atoms with E-state index in [4.69, 9.17) is 0 Å². The molecular formula is C13H20O. The molecule has 0 bridgehead atoms. The molecular weight excluding hydrogens is 172 g/mol. The van der Waals surface area contributed by atoms with Gasteiger partial charge in [0, 0.05) is 12.8 Å². The fraction of sp³-hybridized carbons (Fsp3) is 0.615. The molecule has 1 nitrogen and oxygen atoms in total. The molecule has 1 fully saturated rings. The van der Waals surface area contributed by atoms with Crippen LogP contribution in [0.1, 0.15) is 46.5 Å². The summed E-state index contributed by atoms with van der Waals surface area (Å²) in [6, 6.07) is 0. The summed E-state index contributed by atoms with van der Waals surface area (Å²) in [5.41, 5.74) is 2.66. The molecule has 0 aliphatic heterocycles. The van der Waals surface area contributed by atoms with E-state index >= 15 is 0 Å². The molecule has 0 N–H and O–H groups in total. The molecule has 78 valence electrons. The lowest BCUT2D eigenvalue weighted by atomic mass is 9.86. The Bertz CT molecular complexity index is 271. The maximum Gasteiger partial charge on any atom is 0.137 e. The summed E-state index contributed by atoms with van der Waals surface area (Å²) in [5, 5.41) is 0. The number of ketones is 1. The number of hydrogen-bond acceptors (Lipinski definition) is 1. The number of carbonyl (C=O) groups is 1. The van der Waals surface area contributed by atoms with Crippen LogP contribution in [0.2, 0.25) is 0 Å². The van der Waals surface area contributed by atoms with Gasteiger partial charge in [0.1, 0.15) is 5.78 Å². The molecule has 0 radical (unpaired) electrons. The van der Waals surface area contributed by atoms with E-state index in [1.165, 1.54) is 11.1 Å². The van der Waals surface area contributed by atoms with Gasteiger partial charge in [0.05, 0.1) is 0 Å². The summed E-state index contributed by atoms with van der Waals surface area (Å²) in [6.45, 7) is 6.46. The highest BCUT2D eigenvalue weighted by molar-refractivity contribution is 5.84. The second-order valence-corrected chi connectivity index (χ2v) is 4.11. The molecule has 0 heterocycles. The van der Waals surface area contributed by atoms with Crippen LogP contribution in [0, 0.1) is 5.92 Å². The van der Waals surface area contributed by atoms with E-state index in [0.29, 0.717) is 18.1 Å². The summed E-state index contributed by atoms with van der Waals surface area (Å²) in [6.07, 6.45) is 7.90. The van der Waals surface area contributed by atoms with E-state index < -0.39 is 0 Å². The van der Waals surface area contributed by atoms with Crippen molar-refractivity contribution < 1.29 is 4.79 Å². The molecule has 0 aromatic carbocycles. The third-order valence-corrected chi connectivity index (χ3v) is 2.95. The van der Waals surface area contributed by atoms with Crippen molar-refractivity contribution in [1.29, 1.82) is 0 Å². The van der Waals surface area contributed by atoms with Gasteiger partial charge in [-0.15, -0.1) is 0 Å². The lowest BCUT2D eigenvalue weighted by Gasteiger charge is -2.18. The summed E-state index contributed by atoms with van der Waals surface area (Å²) < 4.78 is 0. The molecule has 14 heavy (non-hydrogen) atoms. The van der Waals surface area contributed by atoms with Gasteiger partial charge in [-0.25, -0.2) is 0 Å². The van der Waals surface area contributed by atoms with Crippen LogP contribution in [0.15, 0.2) is 23.3 Å². The van der Waals surface area contributed by atoms with Crippen molar-refractivity contribution in [3.8, 4) is 0 Å². The average molecular weight is 192 g/mol. The Kier molecular flexibility index (Phi) is 4.12. The predicted octanol–water partition coefficient (Wildman–Crippen LogP) is 3.66. The summed E-state index contributed by atoms with van der Waals surface area (Å²) in [4.78, 5) is 11.3. The van der Waals surface area contributed by atoms with Crippen molar-refractivity contribution in [3.63, 3.8) is 0 Å². The van der Waals surface area contributed by atoms with Crippen LogP contribution in [-0.2, 0) is 4.79 Å². The number of hydrogen-bond donors (Lipinski definition) is 0. The molecule has 1 aliphatic carbocycles.